The van der Waals surface area contributed by atoms with Crippen molar-refractivity contribution >= 4 is 0 Å². The van der Waals surface area contributed by atoms with Gasteiger partial charge in [0, 0.05) is 25.2 Å². The molecule has 1 aromatic carbocycles. The standard InChI is InChI=1S/C14H16N2O3/c1-9-6-11(2-3-12(9)17)14-15-13(16-19-14)7-10-4-5-18-8-10/h2-3,6,10,17H,4-5,7-8H2,1H3. The number of ether oxygens (including phenoxy) is 1. The van der Waals surface area contributed by atoms with Gasteiger partial charge in [0.1, 0.15) is 5.75 Å². The van der Waals surface area contributed by atoms with Crippen LogP contribution in [0.2, 0.25) is 0 Å². The second kappa shape index (κ2) is 5.01. The monoisotopic (exact) mass is 260 g/mol. The van der Waals surface area contributed by atoms with E-state index in [-0.39, 0.29) is 5.75 Å². The summed E-state index contributed by atoms with van der Waals surface area (Å²) in [5, 5.41) is 13.5. The van der Waals surface area contributed by atoms with Crippen molar-refractivity contribution in [2.45, 2.75) is 19.8 Å². The van der Waals surface area contributed by atoms with Gasteiger partial charge in [0.05, 0.1) is 0 Å². The lowest BCUT2D eigenvalue weighted by Crippen LogP contribution is -2.04. The Morgan fingerprint density at radius 1 is 1.42 bits per heavy atom. The Kier molecular flexibility index (Phi) is 3.21. The van der Waals surface area contributed by atoms with E-state index in [1.54, 1.807) is 12.1 Å². The van der Waals surface area contributed by atoms with Crippen LogP contribution in [-0.2, 0) is 11.2 Å². The summed E-state index contributed by atoms with van der Waals surface area (Å²) in [4.78, 5) is 4.40. The Hall–Kier alpha value is -1.88. The summed E-state index contributed by atoms with van der Waals surface area (Å²) in [6, 6.07) is 5.25. The van der Waals surface area contributed by atoms with Gasteiger partial charge in [-0.2, -0.15) is 4.98 Å². The highest BCUT2D eigenvalue weighted by atomic mass is 16.5. The molecule has 2 aromatic rings. The molecular formula is C14H16N2O3. The van der Waals surface area contributed by atoms with Crippen molar-refractivity contribution in [3.8, 4) is 17.2 Å². The highest BCUT2D eigenvalue weighted by molar-refractivity contribution is 5.56. The van der Waals surface area contributed by atoms with Gasteiger partial charge in [-0.05, 0) is 43.0 Å². The molecule has 0 aliphatic carbocycles. The summed E-state index contributed by atoms with van der Waals surface area (Å²) < 4.78 is 10.6. The minimum absolute atomic E-state index is 0.270. The lowest BCUT2D eigenvalue weighted by atomic mass is 10.1. The third-order valence-corrected chi connectivity index (χ3v) is 3.41. The van der Waals surface area contributed by atoms with Crippen molar-refractivity contribution in [3.63, 3.8) is 0 Å². The largest absolute Gasteiger partial charge is 0.508 e. The zero-order valence-electron chi connectivity index (χ0n) is 10.8. The fourth-order valence-electron chi connectivity index (χ4n) is 2.25. The molecule has 100 valence electrons. The molecule has 0 saturated carbocycles. The van der Waals surface area contributed by atoms with E-state index in [1.165, 1.54) is 0 Å². The first-order valence-corrected chi connectivity index (χ1v) is 6.42. The van der Waals surface area contributed by atoms with Crippen LogP contribution in [0.15, 0.2) is 22.7 Å². The number of aromatic hydroxyl groups is 1. The summed E-state index contributed by atoms with van der Waals surface area (Å²) in [7, 11) is 0. The van der Waals surface area contributed by atoms with Gasteiger partial charge in [-0.25, -0.2) is 0 Å². The predicted octanol–water partition coefficient (Wildman–Crippen LogP) is 2.33. The molecule has 1 saturated heterocycles. The smallest absolute Gasteiger partial charge is 0.257 e. The third-order valence-electron chi connectivity index (χ3n) is 3.41. The number of benzene rings is 1. The zero-order valence-corrected chi connectivity index (χ0v) is 10.8. The van der Waals surface area contributed by atoms with Crippen LogP contribution in [0.5, 0.6) is 5.75 Å². The van der Waals surface area contributed by atoms with Crippen LogP contribution in [0, 0.1) is 12.8 Å². The van der Waals surface area contributed by atoms with Gasteiger partial charge in [-0.15, -0.1) is 0 Å². The fraction of sp³-hybridized carbons (Fsp3) is 0.429. The number of hydrogen-bond acceptors (Lipinski definition) is 5. The minimum atomic E-state index is 0.270. The quantitative estimate of drug-likeness (QED) is 0.917. The van der Waals surface area contributed by atoms with Gasteiger partial charge < -0.3 is 14.4 Å². The second-order valence-corrected chi connectivity index (χ2v) is 4.95. The number of phenols is 1. The number of nitrogens with zero attached hydrogens (tertiary/aromatic N) is 2. The number of aromatic nitrogens is 2. The van der Waals surface area contributed by atoms with E-state index in [9.17, 15) is 5.11 Å². The van der Waals surface area contributed by atoms with Crippen LogP contribution in [0.4, 0.5) is 0 Å². The molecule has 1 atom stereocenters. The van der Waals surface area contributed by atoms with E-state index in [2.05, 4.69) is 10.1 Å². The van der Waals surface area contributed by atoms with Crippen LogP contribution >= 0.6 is 0 Å². The molecule has 2 heterocycles. The third kappa shape index (κ3) is 2.61. The molecule has 0 spiro atoms. The Bertz CT molecular complexity index is 574. The van der Waals surface area contributed by atoms with Gasteiger partial charge in [0.25, 0.3) is 5.89 Å². The SMILES string of the molecule is Cc1cc(-c2nc(CC3CCOC3)no2)ccc1O. The van der Waals surface area contributed by atoms with Crippen molar-refractivity contribution < 1.29 is 14.4 Å². The fourth-order valence-corrected chi connectivity index (χ4v) is 2.25. The maximum absolute atomic E-state index is 9.51. The maximum Gasteiger partial charge on any atom is 0.257 e. The maximum atomic E-state index is 9.51. The molecule has 1 aliphatic rings. The minimum Gasteiger partial charge on any atom is -0.508 e. The van der Waals surface area contributed by atoms with E-state index < -0.39 is 0 Å². The molecule has 1 aliphatic heterocycles. The Morgan fingerprint density at radius 2 is 2.32 bits per heavy atom. The van der Waals surface area contributed by atoms with Gasteiger partial charge in [0.2, 0.25) is 0 Å². The van der Waals surface area contributed by atoms with Crippen LogP contribution in [0.25, 0.3) is 11.5 Å². The van der Waals surface area contributed by atoms with E-state index in [1.807, 2.05) is 13.0 Å². The summed E-state index contributed by atoms with van der Waals surface area (Å²) in [5.74, 6) is 1.98. The summed E-state index contributed by atoms with van der Waals surface area (Å²) >= 11 is 0. The molecule has 1 unspecified atom stereocenters. The summed E-state index contributed by atoms with van der Waals surface area (Å²) in [6.07, 6.45) is 1.85. The number of hydrogen-bond donors (Lipinski definition) is 1. The van der Waals surface area contributed by atoms with Crippen molar-refractivity contribution in [3.05, 3.63) is 29.6 Å². The van der Waals surface area contributed by atoms with E-state index in [0.29, 0.717) is 11.8 Å². The Morgan fingerprint density at radius 3 is 3.05 bits per heavy atom. The molecule has 5 nitrogen and oxygen atoms in total. The van der Waals surface area contributed by atoms with Crippen molar-refractivity contribution in [1.82, 2.24) is 10.1 Å². The first-order valence-electron chi connectivity index (χ1n) is 6.42. The molecule has 0 radical (unpaired) electrons. The molecular weight excluding hydrogens is 244 g/mol. The number of aryl methyl sites for hydroxylation is 1. The molecule has 1 fully saturated rings. The molecule has 0 amide bonds. The average molecular weight is 260 g/mol. The Labute approximate surface area is 111 Å². The zero-order chi connectivity index (χ0) is 13.2. The highest BCUT2D eigenvalue weighted by Gasteiger charge is 2.19. The van der Waals surface area contributed by atoms with Gasteiger partial charge in [-0.3, -0.25) is 0 Å². The molecule has 3 rings (SSSR count). The van der Waals surface area contributed by atoms with Gasteiger partial charge in [-0.1, -0.05) is 5.16 Å². The normalized spacial score (nSPS) is 18.9. The molecule has 1 aromatic heterocycles. The van der Waals surface area contributed by atoms with Crippen LogP contribution in [0.3, 0.4) is 0 Å². The van der Waals surface area contributed by atoms with Crippen LogP contribution in [-0.4, -0.2) is 28.5 Å². The van der Waals surface area contributed by atoms with Crippen LogP contribution in [0.1, 0.15) is 17.8 Å². The highest BCUT2D eigenvalue weighted by Crippen LogP contribution is 2.25. The molecule has 0 bridgehead atoms. The first kappa shape index (κ1) is 12.2. The lowest BCUT2D eigenvalue weighted by Gasteiger charge is -2.01. The van der Waals surface area contributed by atoms with Crippen molar-refractivity contribution in [2.75, 3.05) is 13.2 Å². The second-order valence-electron chi connectivity index (χ2n) is 4.95. The summed E-state index contributed by atoms with van der Waals surface area (Å²) in [6.45, 7) is 3.45. The predicted molar refractivity (Wildman–Crippen MR) is 68.8 cm³/mol. The van der Waals surface area contributed by atoms with E-state index >= 15 is 0 Å². The lowest BCUT2D eigenvalue weighted by molar-refractivity contribution is 0.185. The summed E-state index contributed by atoms with van der Waals surface area (Å²) in [5.41, 5.74) is 1.62. The first-order chi connectivity index (χ1) is 9.22. The molecule has 19 heavy (non-hydrogen) atoms. The topological polar surface area (TPSA) is 68.4 Å². The Balaban J connectivity index is 1.78. The van der Waals surface area contributed by atoms with Crippen molar-refractivity contribution in [1.29, 1.82) is 0 Å². The van der Waals surface area contributed by atoms with Gasteiger partial charge >= 0.3 is 0 Å². The number of rotatable bonds is 3. The van der Waals surface area contributed by atoms with Gasteiger partial charge in [0.15, 0.2) is 5.82 Å². The molecule has 1 N–H and O–H groups in total. The van der Waals surface area contributed by atoms with Crippen LogP contribution < -0.4 is 0 Å². The molecule has 5 heteroatoms. The van der Waals surface area contributed by atoms with E-state index in [4.69, 9.17) is 9.26 Å². The number of phenolic OH excluding ortho intramolecular Hbond substituents is 1. The van der Waals surface area contributed by atoms with Crippen molar-refractivity contribution in [2.24, 2.45) is 5.92 Å². The van der Waals surface area contributed by atoms with E-state index in [0.717, 1.165) is 43.0 Å². The average Bonchev–Trinajstić information content (AvgIpc) is 3.05.